The zero-order chi connectivity index (χ0) is 49.8. The minimum absolute atomic E-state index is 0. The molecule has 1 aliphatic heterocycles. The van der Waals surface area contributed by atoms with Crippen LogP contribution in [-0.4, -0.2) is 44.1 Å². The van der Waals surface area contributed by atoms with Gasteiger partial charge in [0, 0.05) is 38.2 Å². The van der Waals surface area contributed by atoms with E-state index in [0.717, 1.165) is 5.52 Å². The maximum absolute atomic E-state index is 4.18. The van der Waals surface area contributed by atoms with Gasteiger partial charge < -0.3 is 14.0 Å². The number of benzene rings is 3. The number of hydrogen-bond acceptors (Lipinski definition) is 3. The number of likely N-dealkylation sites (tertiary alicyclic amines) is 1. The zero-order valence-electron chi connectivity index (χ0n) is 45.7. The van der Waals surface area contributed by atoms with Crippen molar-refractivity contribution >= 4 is 21.9 Å². The molecule has 2 aliphatic rings. The van der Waals surface area contributed by atoms with E-state index >= 15 is 0 Å². The summed E-state index contributed by atoms with van der Waals surface area (Å²) in [5.41, 5.74) is 3.54. The van der Waals surface area contributed by atoms with Crippen LogP contribution in [0.15, 0.2) is 134 Å². The van der Waals surface area contributed by atoms with Gasteiger partial charge in [0.05, 0.1) is 17.4 Å². The molecule has 2 fully saturated rings. The van der Waals surface area contributed by atoms with Crippen molar-refractivity contribution < 1.29 is 0 Å². The summed E-state index contributed by atoms with van der Waals surface area (Å²) < 4.78 is 4.13. The summed E-state index contributed by atoms with van der Waals surface area (Å²) in [4.78, 5) is 10.4. The Hall–Kier alpha value is -4.22. The molecule has 1 aliphatic carbocycles. The third-order valence-electron chi connectivity index (χ3n) is 7.74. The normalized spacial score (nSPS) is 9.87. The Kier molecular flexibility index (Phi) is 134. The van der Waals surface area contributed by atoms with Crippen molar-refractivity contribution in [1.82, 2.24) is 24.0 Å². The second-order valence-corrected chi connectivity index (χ2v) is 11.5. The van der Waals surface area contributed by atoms with Crippen LogP contribution in [0.4, 0.5) is 0 Å². The zero-order valence-corrected chi connectivity index (χ0v) is 45.7. The van der Waals surface area contributed by atoms with E-state index in [2.05, 4.69) is 76.1 Å². The molecule has 0 bridgehead atoms. The first kappa shape index (κ1) is 98.3. The first-order valence-electron chi connectivity index (χ1n) is 25.5. The van der Waals surface area contributed by atoms with E-state index in [0.29, 0.717) is 0 Å². The van der Waals surface area contributed by atoms with E-state index in [1.54, 1.807) is 12.4 Å². The summed E-state index contributed by atoms with van der Waals surface area (Å²) in [6.07, 6.45) is 20.7. The Labute approximate surface area is 439 Å². The molecule has 0 spiro atoms. The number of piperidine rings is 1. The monoisotopic (exact) mass is 970 g/mol. The molecule has 5 nitrogen and oxygen atoms in total. The molecule has 1 saturated heterocycles. The van der Waals surface area contributed by atoms with Crippen LogP contribution in [0.2, 0.25) is 0 Å². The van der Waals surface area contributed by atoms with Crippen molar-refractivity contribution in [2.75, 3.05) is 20.1 Å². The van der Waals surface area contributed by atoms with Crippen LogP contribution in [0, 0.1) is 0 Å². The number of nitrogens with zero attached hydrogens (tertiary/aromatic N) is 5. The fourth-order valence-corrected chi connectivity index (χ4v) is 5.11. The van der Waals surface area contributed by atoms with Crippen molar-refractivity contribution in [3.63, 3.8) is 0 Å². The number of fused-ring (bicyclic) bond motifs is 2. The number of aryl methyl sites for hydroxylation is 2. The SMILES string of the molecule is C.C.C.C.C.C.C1CCCCC1.CC.CC.CC.CC.CC.CC.CC.CC.CC.CN1CCCCC1.Cn1ccc2ccccc21.Cn1cnc2ccccc21.c1ccccc1.c1ccncc1. The van der Waals surface area contributed by atoms with Crippen LogP contribution in [0.3, 0.4) is 0 Å². The largest absolute Gasteiger partial charge is 0.351 e. The summed E-state index contributed by atoms with van der Waals surface area (Å²) in [6, 6.07) is 36.3. The molecule has 412 valence electrons. The second kappa shape index (κ2) is 93.8. The maximum Gasteiger partial charge on any atom is 0.0955 e. The number of rotatable bonds is 0. The predicted octanol–water partition coefficient (Wildman–Crippen LogP) is 23.0. The molecule has 5 heteroatoms. The lowest BCUT2D eigenvalue weighted by Gasteiger charge is -2.20. The molecular formula is C64H131N5. The first-order valence-corrected chi connectivity index (χ1v) is 25.5. The highest BCUT2D eigenvalue weighted by molar-refractivity contribution is 5.79. The van der Waals surface area contributed by atoms with Crippen LogP contribution in [-0.2, 0) is 14.1 Å². The van der Waals surface area contributed by atoms with E-state index in [9.17, 15) is 0 Å². The van der Waals surface area contributed by atoms with Crippen molar-refractivity contribution in [3.8, 4) is 0 Å². The highest BCUT2D eigenvalue weighted by Crippen LogP contribution is 2.15. The van der Waals surface area contributed by atoms with E-state index in [4.69, 9.17) is 0 Å². The summed E-state index contributed by atoms with van der Waals surface area (Å²) in [5, 5.41) is 1.31. The van der Waals surface area contributed by atoms with E-state index < -0.39 is 0 Å². The molecule has 0 amide bonds. The van der Waals surface area contributed by atoms with E-state index in [-0.39, 0.29) is 44.6 Å². The topological polar surface area (TPSA) is 38.9 Å². The summed E-state index contributed by atoms with van der Waals surface area (Å²) in [7, 11) is 6.25. The lowest BCUT2D eigenvalue weighted by Crippen LogP contribution is -2.24. The smallest absolute Gasteiger partial charge is 0.0955 e. The standard InChI is InChI=1S/C9H9N.C8H8N2.C6H13N.C6H12.C6H6.C5H5N.9C2H6.6CH4/c1-10-7-6-8-4-2-3-5-9(8)10;1-10-6-9-7-4-2-3-5-8(7)10;1-7-5-3-2-4-6-7;3*1-2-4-6-5-3-1;9*1-2;;;;;;/h2-7H,1H3;2-6H,1H3;2-6H2,1H3;1-6H2;1-6H;1-5H;9*1-2H3;6*1H4. The molecule has 0 radical (unpaired) electrons. The molecule has 1 saturated carbocycles. The van der Waals surface area contributed by atoms with Crippen LogP contribution >= 0.6 is 0 Å². The van der Waals surface area contributed by atoms with Crippen LogP contribution in [0.1, 0.15) is 227 Å². The molecule has 0 unspecified atom stereocenters. The number of imidazole rings is 1. The van der Waals surface area contributed by atoms with Crippen LogP contribution in [0.5, 0.6) is 0 Å². The minimum Gasteiger partial charge on any atom is -0.351 e. The van der Waals surface area contributed by atoms with Gasteiger partial charge in [-0.05, 0) is 74.8 Å². The van der Waals surface area contributed by atoms with Gasteiger partial charge in [0.15, 0.2) is 0 Å². The number of para-hydroxylation sites is 3. The van der Waals surface area contributed by atoms with Gasteiger partial charge in [0.25, 0.3) is 0 Å². The van der Waals surface area contributed by atoms with Gasteiger partial charge in [-0.1, -0.05) is 287 Å². The molecule has 3 aromatic carbocycles. The Balaban J connectivity index is -0.0000000461. The van der Waals surface area contributed by atoms with Gasteiger partial charge in [-0.2, -0.15) is 0 Å². The minimum atomic E-state index is 0. The third-order valence-corrected chi connectivity index (χ3v) is 7.74. The number of hydrogen-bond donors (Lipinski definition) is 0. The molecule has 69 heavy (non-hydrogen) atoms. The fraction of sp³-hybridized carbons (Fsp3) is 0.594. The Bertz CT molecular complexity index is 1350. The van der Waals surface area contributed by atoms with Crippen LogP contribution in [0.25, 0.3) is 21.9 Å². The van der Waals surface area contributed by atoms with Crippen molar-refractivity contribution in [1.29, 1.82) is 0 Å². The van der Waals surface area contributed by atoms with Crippen LogP contribution < -0.4 is 0 Å². The van der Waals surface area contributed by atoms with Gasteiger partial charge in [-0.15, -0.1) is 0 Å². The molecule has 3 aromatic heterocycles. The lowest BCUT2D eigenvalue weighted by molar-refractivity contribution is 0.277. The van der Waals surface area contributed by atoms with Gasteiger partial charge in [-0.25, -0.2) is 4.98 Å². The van der Waals surface area contributed by atoms with E-state index in [1.807, 2.05) is 215 Å². The van der Waals surface area contributed by atoms with Gasteiger partial charge >= 0.3 is 0 Å². The fourth-order valence-electron chi connectivity index (χ4n) is 5.11. The highest BCUT2D eigenvalue weighted by atomic mass is 15.1. The number of pyridine rings is 1. The predicted molar refractivity (Wildman–Crippen MR) is 336 cm³/mol. The van der Waals surface area contributed by atoms with Gasteiger partial charge in [0.1, 0.15) is 0 Å². The van der Waals surface area contributed by atoms with Crippen molar-refractivity contribution in [2.45, 2.75) is 227 Å². The van der Waals surface area contributed by atoms with Gasteiger partial charge in [0.2, 0.25) is 0 Å². The molecule has 6 aromatic rings. The Morgan fingerprint density at radius 1 is 0.333 bits per heavy atom. The lowest BCUT2D eigenvalue weighted by atomic mass is 10.0. The first-order chi connectivity index (χ1) is 31.1. The average Bonchev–Trinajstić information content (AvgIpc) is 4.01. The summed E-state index contributed by atoms with van der Waals surface area (Å²) >= 11 is 0. The third kappa shape index (κ3) is 63.8. The van der Waals surface area contributed by atoms with E-state index in [1.165, 1.54) is 87.3 Å². The van der Waals surface area contributed by atoms with Crippen molar-refractivity contribution in [3.05, 3.63) is 134 Å². The van der Waals surface area contributed by atoms with Crippen molar-refractivity contribution in [2.24, 2.45) is 14.1 Å². The highest BCUT2D eigenvalue weighted by Gasteiger charge is 2.02. The molecular weight excluding hydrogens is 839 g/mol. The summed E-state index contributed by atoms with van der Waals surface area (Å²) in [6.45, 7) is 38.6. The maximum atomic E-state index is 4.18. The Morgan fingerprint density at radius 3 is 0.942 bits per heavy atom. The summed E-state index contributed by atoms with van der Waals surface area (Å²) in [5.74, 6) is 0. The molecule has 0 atom stereocenters. The number of aromatic nitrogens is 4. The average molecular weight is 971 g/mol. The Morgan fingerprint density at radius 2 is 0.652 bits per heavy atom. The van der Waals surface area contributed by atoms with Gasteiger partial charge in [-0.3, -0.25) is 4.98 Å². The molecule has 0 N–H and O–H groups in total. The molecule has 4 heterocycles. The second-order valence-electron chi connectivity index (χ2n) is 11.5. The molecule has 8 rings (SSSR count). The quantitative estimate of drug-likeness (QED) is 0.152.